The van der Waals surface area contributed by atoms with E-state index in [0.717, 1.165) is 6.54 Å². The zero-order valence-electron chi connectivity index (χ0n) is 12.3. The smallest absolute Gasteiger partial charge is 0.323 e. The van der Waals surface area contributed by atoms with E-state index in [2.05, 4.69) is 5.32 Å². The van der Waals surface area contributed by atoms with Crippen LogP contribution in [0.4, 0.5) is 0 Å². The summed E-state index contributed by atoms with van der Waals surface area (Å²) in [6, 6.07) is -0.631. The fourth-order valence-corrected chi connectivity index (χ4v) is 2.40. The first-order chi connectivity index (χ1) is 9.02. The van der Waals surface area contributed by atoms with Gasteiger partial charge in [0.1, 0.15) is 12.1 Å². The maximum atomic E-state index is 12.2. The van der Waals surface area contributed by atoms with Crippen LogP contribution < -0.4 is 5.32 Å². The van der Waals surface area contributed by atoms with E-state index in [9.17, 15) is 9.59 Å². The number of piperazine rings is 1. The van der Waals surface area contributed by atoms with Gasteiger partial charge in [-0.1, -0.05) is 6.92 Å². The standard InChI is InChI=1S/C13H25N3O3/c1-5-10(13(18)19-6-2)16-8-7-14-9-11(16)12(17)15(3)4/h10-11,14H,5-9H2,1-4H3. The lowest BCUT2D eigenvalue weighted by Crippen LogP contribution is -2.62. The van der Waals surface area contributed by atoms with Gasteiger partial charge in [0.05, 0.1) is 6.61 Å². The molecule has 0 spiro atoms. The minimum atomic E-state index is -0.337. The van der Waals surface area contributed by atoms with Gasteiger partial charge in [-0.3, -0.25) is 14.5 Å². The number of carbonyl (C=O) groups excluding carboxylic acids is 2. The van der Waals surface area contributed by atoms with Crippen LogP contribution in [0.3, 0.4) is 0 Å². The summed E-state index contributed by atoms with van der Waals surface area (Å²) in [6.07, 6.45) is 0.649. The van der Waals surface area contributed by atoms with Crippen molar-refractivity contribution in [3.63, 3.8) is 0 Å². The van der Waals surface area contributed by atoms with E-state index >= 15 is 0 Å². The van der Waals surface area contributed by atoms with Gasteiger partial charge in [-0.15, -0.1) is 0 Å². The third-order valence-electron chi connectivity index (χ3n) is 3.36. The highest BCUT2D eigenvalue weighted by Gasteiger charge is 2.37. The highest BCUT2D eigenvalue weighted by atomic mass is 16.5. The maximum Gasteiger partial charge on any atom is 0.323 e. The molecule has 1 aliphatic heterocycles. The zero-order valence-corrected chi connectivity index (χ0v) is 12.3. The van der Waals surface area contributed by atoms with Crippen LogP contribution in [0.2, 0.25) is 0 Å². The number of rotatable bonds is 5. The second-order valence-electron chi connectivity index (χ2n) is 4.87. The van der Waals surface area contributed by atoms with Crippen molar-refractivity contribution >= 4 is 11.9 Å². The van der Waals surface area contributed by atoms with Crippen molar-refractivity contribution in [3.05, 3.63) is 0 Å². The quantitative estimate of drug-likeness (QED) is 0.695. The highest BCUT2D eigenvalue weighted by Crippen LogP contribution is 2.14. The molecule has 0 aromatic heterocycles. The molecule has 110 valence electrons. The van der Waals surface area contributed by atoms with Crippen LogP contribution in [-0.4, -0.2) is 74.1 Å². The topological polar surface area (TPSA) is 61.9 Å². The molecule has 1 saturated heterocycles. The van der Waals surface area contributed by atoms with Crippen molar-refractivity contribution in [3.8, 4) is 0 Å². The molecule has 1 amide bonds. The summed E-state index contributed by atoms with van der Waals surface area (Å²) in [5.41, 5.74) is 0. The van der Waals surface area contributed by atoms with Gasteiger partial charge in [0.2, 0.25) is 5.91 Å². The van der Waals surface area contributed by atoms with Gasteiger partial charge in [-0.2, -0.15) is 0 Å². The summed E-state index contributed by atoms with van der Waals surface area (Å²) in [5.74, 6) is -0.210. The van der Waals surface area contributed by atoms with Crippen LogP contribution in [-0.2, 0) is 14.3 Å². The average Bonchev–Trinajstić information content (AvgIpc) is 2.39. The lowest BCUT2D eigenvalue weighted by Gasteiger charge is -2.40. The predicted molar refractivity (Wildman–Crippen MR) is 72.8 cm³/mol. The molecule has 6 nitrogen and oxygen atoms in total. The number of nitrogens with zero attached hydrogens (tertiary/aromatic N) is 2. The first-order valence-corrected chi connectivity index (χ1v) is 6.87. The Morgan fingerprint density at radius 1 is 1.42 bits per heavy atom. The normalized spacial score (nSPS) is 21.8. The van der Waals surface area contributed by atoms with Crippen molar-refractivity contribution in [2.75, 3.05) is 40.3 Å². The molecule has 19 heavy (non-hydrogen) atoms. The van der Waals surface area contributed by atoms with E-state index in [1.54, 1.807) is 25.9 Å². The molecule has 6 heteroatoms. The molecule has 1 rings (SSSR count). The van der Waals surface area contributed by atoms with E-state index in [4.69, 9.17) is 4.74 Å². The summed E-state index contributed by atoms with van der Waals surface area (Å²) in [6.45, 7) is 6.15. The third-order valence-corrected chi connectivity index (χ3v) is 3.36. The van der Waals surface area contributed by atoms with E-state index in [0.29, 0.717) is 26.1 Å². The number of amides is 1. The van der Waals surface area contributed by atoms with Gasteiger partial charge >= 0.3 is 5.97 Å². The summed E-state index contributed by atoms with van der Waals surface area (Å²) < 4.78 is 5.11. The molecule has 0 aromatic rings. The molecule has 1 aliphatic rings. The van der Waals surface area contributed by atoms with Crippen LogP contribution in [0.5, 0.6) is 0 Å². The van der Waals surface area contributed by atoms with Gasteiger partial charge < -0.3 is 15.0 Å². The monoisotopic (exact) mass is 271 g/mol. The number of hydrogen-bond acceptors (Lipinski definition) is 5. The largest absolute Gasteiger partial charge is 0.465 e. The molecular weight excluding hydrogens is 246 g/mol. The Morgan fingerprint density at radius 3 is 2.63 bits per heavy atom. The van der Waals surface area contributed by atoms with Gasteiger partial charge in [-0.25, -0.2) is 0 Å². The average molecular weight is 271 g/mol. The number of hydrogen-bond donors (Lipinski definition) is 1. The van der Waals surface area contributed by atoms with Crippen molar-refractivity contribution in [2.45, 2.75) is 32.4 Å². The number of likely N-dealkylation sites (N-methyl/N-ethyl adjacent to an activating group) is 1. The van der Waals surface area contributed by atoms with Crippen molar-refractivity contribution < 1.29 is 14.3 Å². The van der Waals surface area contributed by atoms with E-state index in [-0.39, 0.29) is 24.0 Å². The Hall–Kier alpha value is -1.14. The summed E-state index contributed by atoms with van der Waals surface area (Å²) in [5, 5.41) is 3.21. The Morgan fingerprint density at radius 2 is 2.11 bits per heavy atom. The highest BCUT2D eigenvalue weighted by molar-refractivity contribution is 5.83. The molecule has 0 saturated carbocycles. The molecule has 2 atom stereocenters. The molecule has 0 aliphatic carbocycles. The first kappa shape index (κ1) is 15.9. The van der Waals surface area contributed by atoms with E-state index < -0.39 is 0 Å². The summed E-state index contributed by atoms with van der Waals surface area (Å²) >= 11 is 0. The Bertz CT molecular complexity index is 320. The van der Waals surface area contributed by atoms with Gasteiger partial charge in [-0.05, 0) is 13.3 Å². The van der Waals surface area contributed by atoms with Crippen LogP contribution in [0.15, 0.2) is 0 Å². The number of carbonyl (C=O) groups is 2. The second kappa shape index (κ2) is 7.45. The zero-order chi connectivity index (χ0) is 14.4. The molecular formula is C13H25N3O3. The number of ether oxygens (including phenoxy) is 1. The fourth-order valence-electron chi connectivity index (χ4n) is 2.40. The third kappa shape index (κ3) is 3.91. The Labute approximate surface area is 115 Å². The Balaban J connectivity index is 2.84. The van der Waals surface area contributed by atoms with E-state index in [1.807, 2.05) is 11.8 Å². The molecule has 1 heterocycles. The molecule has 1 fully saturated rings. The molecule has 0 bridgehead atoms. The van der Waals surface area contributed by atoms with Crippen molar-refractivity contribution in [2.24, 2.45) is 0 Å². The van der Waals surface area contributed by atoms with Gasteiger partial charge in [0.15, 0.2) is 0 Å². The predicted octanol–water partition coefficient (Wildman–Crippen LogP) is -0.310. The van der Waals surface area contributed by atoms with Crippen LogP contribution >= 0.6 is 0 Å². The molecule has 0 radical (unpaired) electrons. The molecule has 2 unspecified atom stereocenters. The van der Waals surface area contributed by atoms with Gasteiger partial charge in [0.25, 0.3) is 0 Å². The van der Waals surface area contributed by atoms with Crippen molar-refractivity contribution in [1.29, 1.82) is 0 Å². The number of nitrogens with one attached hydrogen (secondary N) is 1. The first-order valence-electron chi connectivity index (χ1n) is 6.87. The minimum absolute atomic E-state index is 0.0231. The lowest BCUT2D eigenvalue weighted by atomic mass is 10.1. The lowest BCUT2D eigenvalue weighted by molar-refractivity contribution is -0.153. The van der Waals surface area contributed by atoms with Crippen molar-refractivity contribution in [1.82, 2.24) is 15.1 Å². The Kier molecular flexibility index (Phi) is 6.24. The molecule has 1 N–H and O–H groups in total. The maximum absolute atomic E-state index is 12.2. The minimum Gasteiger partial charge on any atom is -0.465 e. The van der Waals surface area contributed by atoms with Gasteiger partial charge in [0, 0.05) is 33.7 Å². The van der Waals surface area contributed by atoms with E-state index in [1.165, 1.54) is 0 Å². The SMILES string of the molecule is CCOC(=O)C(CC)N1CCNCC1C(=O)N(C)C. The number of esters is 1. The fraction of sp³-hybridized carbons (Fsp3) is 0.846. The van der Waals surface area contributed by atoms with Crippen LogP contribution in [0.25, 0.3) is 0 Å². The van der Waals surface area contributed by atoms with Crippen LogP contribution in [0.1, 0.15) is 20.3 Å². The molecule has 0 aromatic carbocycles. The summed E-state index contributed by atoms with van der Waals surface area (Å²) in [7, 11) is 3.47. The summed E-state index contributed by atoms with van der Waals surface area (Å²) in [4.78, 5) is 27.7. The second-order valence-corrected chi connectivity index (χ2v) is 4.87. The van der Waals surface area contributed by atoms with Crippen LogP contribution in [0, 0.1) is 0 Å².